The number of thiol groups is 1. The lowest BCUT2D eigenvalue weighted by Gasteiger charge is -1.77. The van der Waals surface area contributed by atoms with Crippen LogP contribution in [0.2, 0.25) is 0 Å². The van der Waals surface area contributed by atoms with E-state index in [1.807, 2.05) is 45.2 Å². The second kappa shape index (κ2) is 3.42. The van der Waals surface area contributed by atoms with Crippen LogP contribution in [0.4, 0.5) is 0 Å². The lowest BCUT2D eigenvalue weighted by molar-refractivity contribution is 0.618. The van der Waals surface area contributed by atoms with E-state index in [0.29, 0.717) is 0 Å². The highest BCUT2D eigenvalue weighted by molar-refractivity contribution is 14.2. The molecule has 2 nitrogen and oxygen atoms in total. The van der Waals surface area contributed by atoms with Crippen LogP contribution in [0.25, 0.3) is 0 Å². The SMILES string of the molecule is O=[SH](=O)C(I)I. The molecule has 0 atom stereocenters. The van der Waals surface area contributed by atoms with Crippen molar-refractivity contribution in [2.75, 3.05) is 0 Å². The Hall–Kier alpha value is 1.41. The highest BCUT2D eigenvalue weighted by atomic mass is 127. The van der Waals surface area contributed by atoms with Crippen LogP contribution >= 0.6 is 45.2 Å². The van der Waals surface area contributed by atoms with Gasteiger partial charge in [-0.1, -0.05) is 45.2 Å². The molecule has 0 aliphatic carbocycles. The Kier molecular flexibility index (Phi) is 4.22. The van der Waals surface area contributed by atoms with Crippen LogP contribution in [0.3, 0.4) is 0 Å². The highest BCUT2D eigenvalue weighted by Gasteiger charge is 1.93. The monoisotopic (exact) mass is 332 g/mol. The molecule has 0 aliphatic heterocycles. The van der Waals surface area contributed by atoms with Crippen molar-refractivity contribution in [2.45, 2.75) is 1.26 Å². The minimum absolute atomic E-state index is 0.254. The molecule has 5 heteroatoms. The average molecular weight is 332 g/mol. The summed E-state index contributed by atoms with van der Waals surface area (Å²) in [7, 11) is -2.19. The number of hydrogen-bond donors (Lipinski definition) is 1. The molecule has 0 aromatic carbocycles. The Morgan fingerprint density at radius 1 is 1.33 bits per heavy atom. The Morgan fingerprint density at radius 2 is 1.50 bits per heavy atom. The van der Waals surface area contributed by atoms with Gasteiger partial charge in [-0.2, -0.15) is 0 Å². The van der Waals surface area contributed by atoms with Crippen LogP contribution < -0.4 is 0 Å². The normalized spacial score (nSPS) is 10.7. The fraction of sp³-hybridized carbons (Fsp3) is 1.00. The molecule has 0 heterocycles. The van der Waals surface area contributed by atoms with E-state index in [9.17, 15) is 8.42 Å². The predicted molar refractivity (Wildman–Crippen MR) is 42.1 cm³/mol. The predicted octanol–water partition coefficient (Wildman–Crippen LogP) is 0.751. The third kappa shape index (κ3) is 3.59. The van der Waals surface area contributed by atoms with Gasteiger partial charge in [-0.05, 0) is 0 Å². The Bertz CT molecular complexity index is 87.7. The van der Waals surface area contributed by atoms with Gasteiger partial charge in [0, 0.05) is 0 Å². The first kappa shape index (κ1) is 7.41. The second-order valence-corrected chi connectivity index (χ2v) is 8.50. The van der Waals surface area contributed by atoms with Gasteiger partial charge in [0.05, 0.1) is 0 Å². The molecular formula is CH2I2O2S. The first-order valence-corrected chi connectivity index (χ1v) is 4.80. The summed E-state index contributed by atoms with van der Waals surface area (Å²) < 4.78 is 19.2. The minimum Gasteiger partial charge on any atom is -0.230 e. The summed E-state index contributed by atoms with van der Waals surface area (Å²) in [5.41, 5.74) is 0. The zero-order valence-electron chi connectivity index (χ0n) is 2.60. The summed E-state index contributed by atoms with van der Waals surface area (Å²) in [6.45, 7) is 0. The van der Waals surface area contributed by atoms with E-state index >= 15 is 0 Å². The molecule has 6 heavy (non-hydrogen) atoms. The molecule has 0 saturated carbocycles. The number of halogens is 2. The highest BCUT2D eigenvalue weighted by Crippen LogP contribution is 2.08. The van der Waals surface area contributed by atoms with Crippen molar-refractivity contribution in [1.29, 1.82) is 0 Å². The van der Waals surface area contributed by atoms with Crippen LogP contribution in [-0.4, -0.2) is 9.68 Å². The van der Waals surface area contributed by atoms with Crippen LogP contribution in [0.5, 0.6) is 0 Å². The van der Waals surface area contributed by atoms with Crippen molar-refractivity contribution in [1.82, 2.24) is 0 Å². The molecule has 0 spiro atoms. The van der Waals surface area contributed by atoms with Gasteiger partial charge in [-0.15, -0.1) is 0 Å². The molecule has 0 amide bonds. The zero-order valence-corrected chi connectivity index (χ0v) is 7.81. The molecule has 0 saturated heterocycles. The molecule has 0 N–H and O–H groups in total. The molecule has 0 aromatic rings. The molecule has 0 bridgehead atoms. The second-order valence-electron chi connectivity index (χ2n) is 0.563. The fourth-order valence-electron chi connectivity index (χ4n) is 0. The molecular weight excluding hydrogens is 330 g/mol. The maximum atomic E-state index is 9.72. The molecule has 0 rings (SSSR count). The molecule has 0 radical (unpaired) electrons. The third-order valence-electron chi connectivity index (χ3n) is 0.159. The fourth-order valence-corrected chi connectivity index (χ4v) is 0. The van der Waals surface area contributed by atoms with Crippen molar-refractivity contribution in [3.05, 3.63) is 0 Å². The smallest absolute Gasteiger partial charge is 0.161 e. The topological polar surface area (TPSA) is 34.1 Å². The van der Waals surface area contributed by atoms with Gasteiger partial charge in [0.15, 0.2) is 12.0 Å². The van der Waals surface area contributed by atoms with Gasteiger partial charge < -0.3 is 0 Å². The van der Waals surface area contributed by atoms with Crippen molar-refractivity contribution in [3.8, 4) is 0 Å². The minimum atomic E-state index is -2.19. The van der Waals surface area contributed by atoms with E-state index in [1.165, 1.54) is 0 Å². The summed E-state index contributed by atoms with van der Waals surface area (Å²) in [6.07, 6.45) is 0. The third-order valence-corrected chi connectivity index (χ3v) is 3.21. The molecule has 0 aliphatic rings. The van der Waals surface area contributed by atoms with Gasteiger partial charge in [0.25, 0.3) is 0 Å². The van der Waals surface area contributed by atoms with E-state index in [2.05, 4.69) is 0 Å². The van der Waals surface area contributed by atoms with Gasteiger partial charge in [0.1, 0.15) is 0 Å². The van der Waals surface area contributed by atoms with Crippen molar-refractivity contribution < 1.29 is 8.42 Å². The quantitative estimate of drug-likeness (QED) is 0.437. The van der Waals surface area contributed by atoms with Crippen LogP contribution in [0.1, 0.15) is 0 Å². The van der Waals surface area contributed by atoms with Crippen molar-refractivity contribution in [2.24, 2.45) is 0 Å². The summed E-state index contributed by atoms with van der Waals surface area (Å²) in [6, 6.07) is 0. The van der Waals surface area contributed by atoms with Crippen molar-refractivity contribution >= 4 is 55.9 Å². The average Bonchev–Trinajstić information content (AvgIpc) is 1.36. The van der Waals surface area contributed by atoms with E-state index < -0.39 is 10.7 Å². The van der Waals surface area contributed by atoms with E-state index in [4.69, 9.17) is 0 Å². The lowest BCUT2D eigenvalue weighted by Crippen LogP contribution is -1.82. The number of rotatable bonds is 1. The van der Waals surface area contributed by atoms with Gasteiger partial charge in [-0.25, -0.2) is 8.42 Å². The van der Waals surface area contributed by atoms with Crippen molar-refractivity contribution in [3.63, 3.8) is 0 Å². The summed E-state index contributed by atoms with van der Waals surface area (Å²) in [5.74, 6) is 0. The van der Waals surface area contributed by atoms with E-state index in [-0.39, 0.29) is 1.26 Å². The lowest BCUT2D eigenvalue weighted by atomic mass is 11.9. The van der Waals surface area contributed by atoms with Gasteiger partial charge >= 0.3 is 0 Å². The maximum Gasteiger partial charge on any atom is 0.161 e. The van der Waals surface area contributed by atoms with Crippen LogP contribution in [0, 0.1) is 0 Å². The summed E-state index contributed by atoms with van der Waals surface area (Å²) in [4.78, 5) is 0. The van der Waals surface area contributed by atoms with Gasteiger partial charge in [0.2, 0.25) is 0 Å². The Morgan fingerprint density at radius 3 is 1.50 bits per heavy atom. The first-order chi connectivity index (χ1) is 2.64. The first-order valence-electron chi connectivity index (χ1n) is 1.06. The molecule has 38 valence electrons. The standard InChI is InChI=1S/CH2I2O2S/c2-1(3)6(4)5/h1,6H. The van der Waals surface area contributed by atoms with Gasteiger partial charge in [-0.3, -0.25) is 0 Å². The van der Waals surface area contributed by atoms with Crippen LogP contribution in [0.15, 0.2) is 0 Å². The molecule has 0 aromatic heterocycles. The maximum absolute atomic E-state index is 9.72. The Labute approximate surface area is 64.9 Å². The number of alkyl halides is 2. The van der Waals surface area contributed by atoms with E-state index in [1.54, 1.807) is 0 Å². The zero-order chi connectivity index (χ0) is 5.15. The van der Waals surface area contributed by atoms with Crippen LogP contribution in [-0.2, 0) is 10.7 Å². The number of hydrogen-bond acceptors (Lipinski definition) is 2. The summed E-state index contributed by atoms with van der Waals surface area (Å²) in [5, 5.41) is 0. The summed E-state index contributed by atoms with van der Waals surface area (Å²) >= 11 is 3.65. The largest absolute Gasteiger partial charge is 0.230 e. The van der Waals surface area contributed by atoms with E-state index in [0.717, 1.165) is 0 Å². The molecule has 0 fully saturated rings. The molecule has 0 unspecified atom stereocenters. The Balaban J connectivity index is 3.57.